The number of unbranched alkanes of at least 4 members (excludes halogenated alkanes) is 1. The van der Waals surface area contributed by atoms with Gasteiger partial charge in [-0.15, -0.1) is 5.10 Å². The van der Waals surface area contributed by atoms with Crippen LogP contribution in [0.5, 0.6) is 17.2 Å². The molecule has 0 spiro atoms. The fraction of sp³-hybridized carbons (Fsp3) is 0.150. The Hall–Kier alpha value is -6.07. The number of ether oxygens (including phenoxy) is 3. The van der Waals surface area contributed by atoms with E-state index in [4.69, 9.17) is 19.3 Å². The lowest BCUT2D eigenvalue weighted by atomic mass is 10.1. The van der Waals surface area contributed by atoms with Crippen LogP contribution < -0.4 is 24.3 Å². The van der Waals surface area contributed by atoms with Crippen molar-refractivity contribution in [3.8, 4) is 34.2 Å². The van der Waals surface area contributed by atoms with Crippen LogP contribution in [0, 0.1) is 5.82 Å². The van der Waals surface area contributed by atoms with Crippen LogP contribution in [-0.2, 0) is 6.61 Å². The maximum Gasteiger partial charge on any atom is 0.291 e. The van der Waals surface area contributed by atoms with E-state index < -0.39 is 0 Å². The van der Waals surface area contributed by atoms with Crippen LogP contribution in [0.15, 0.2) is 108 Å². The van der Waals surface area contributed by atoms with Gasteiger partial charge in [0.1, 0.15) is 23.9 Å². The highest BCUT2D eigenvalue weighted by atomic mass is 32.1. The number of para-hydroxylation sites is 1. The third-order valence-electron chi connectivity index (χ3n) is 8.08. The predicted octanol–water partition coefficient (Wildman–Crippen LogP) is 7.63. The number of aromatic nitrogens is 5. The van der Waals surface area contributed by atoms with Crippen molar-refractivity contribution in [1.29, 1.82) is 0 Å². The van der Waals surface area contributed by atoms with Crippen LogP contribution in [0.2, 0.25) is 0 Å². The van der Waals surface area contributed by atoms with E-state index in [1.54, 1.807) is 36.1 Å². The first-order chi connectivity index (χ1) is 25.0. The molecule has 0 radical (unpaired) electrons. The average molecular weight is 700 g/mol. The molecule has 0 unspecified atom stereocenters. The Morgan fingerprint density at radius 1 is 0.882 bits per heavy atom. The first kappa shape index (κ1) is 33.4. The van der Waals surface area contributed by atoms with Crippen LogP contribution in [-0.4, -0.2) is 38.1 Å². The maximum absolute atomic E-state index is 14.2. The molecule has 0 aliphatic rings. The molecule has 256 valence electrons. The highest BCUT2D eigenvalue weighted by Gasteiger charge is 2.15. The average Bonchev–Trinajstić information content (AvgIpc) is 3.85. The second kappa shape index (κ2) is 15.2. The fourth-order valence-corrected chi connectivity index (χ4v) is 6.31. The summed E-state index contributed by atoms with van der Waals surface area (Å²) in [6.07, 6.45) is 9.34. The summed E-state index contributed by atoms with van der Waals surface area (Å²) in [5.74, 6) is 2.00. The Bertz CT molecular complexity index is 2440. The normalized spacial score (nSPS) is 11.9. The molecule has 51 heavy (non-hydrogen) atoms. The van der Waals surface area contributed by atoms with E-state index in [1.165, 1.54) is 21.9 Å². The standard InChI is InChI=1S/C40H34FN5O4S/c1-3-4-21-49-34-19-17-27(22-35(34)48-2)18-20-37-42-40-46(43-37)39(47)36(51-40)24-30-25-45(31-13-6-5-7-14-31)44-38(30)28-12-10-15-32(23-28)50-26-29-11-8-9-16-33(29)41/h5-20,22-25H,3-4,21,26H2,1-2H3/b20-18+,36-24-. The van der Waals surface area contributed by atoms with Crippen molar-refractivity contribution in [1.82, 2.24) is 24.4 Å². The molecule has 9 nitrogen and oxygen atoms in total. The van der Waals surface area contributed by atoms with E-state index in [-0.39, 0.29) is 18.0 Å². The van der Waals surface area contributed by atoms with Crippen LogP contribution >= 0.6 is 11.3 Å². The highest BCUT2D eigenvalue weighted by Crippen LogP contribution is 2.30. The van der Waals surface area contributed by atoms with E-state index in [1.807, 2.05) is 91.1 Å². The number of hydrogen-bond acceptors (Lipinski definition) is 8. The van der Waals surface area contributed by atoms with Gasteiger partial charge in [0.15, 0.2) is 17.3 Å². The summed E-state index contributed by atoms with van der Waals surface area (Å²) in [5.41, 5.74) is 4.08. The van der Waals surface area contributed by atoms with Gasteiger partial charge >= 0.3 is 0 Å². The van der Waals surface area contributed by atoms with E-state index in [2.05, 4.69) is 17.0 Å². The summed E-state index contributed by atoms with van der Waals surface area (Å²) in [7, 11) is 1.61. The Morgan fingerprint density at radius 2 is 1.73 bits per heavy atom. The van der Waals surface area contributed by atoms with Crippen molar-refractivity contribution >= 4 is 34.5 Å². The number of hydrogen-bond donors (Lipinski definition) is 0. The molecule has 4 aromatic carbocycles. The van der Waals surface area contributed by atoms with Crippen LogP contribution in [0.3, 0.4) is 0 Å². The Labute approximate surface area is 297 Å². The second-order valence-electron chi connectivity index (χ2n) is 11.6. The Morgan fingerprint density at radius 3 is 2.53 bits per heavy atom. The first-order valence-corrected chi connectivity index (χ1v) is 17.3. The maximum atomic E-state index is 14.2. The molecule has 3 heterocycles. The van der Waals surface area contributed by atoms with Crippen molar-refractivity contribution in [2.75, 3.05) is 13.7 Å². The largest absolute Gasteiger partial charge is 0.493 e. The molecule has 7 aromatic rings. The summed E-state index contributed by atoms with van der Waals surface area (Å²) in [6, 6.07) is 29.4. The van der Waals surface area contributed by atoms with Crippen LogP contribution in [0.1, 0.15) is 42.3 Å². The molecule has 0 bridgehead atoms. The van der Waals surface area contributed by atoms with E-state index >= 15 is 0 Å². The number of rotatable bonds is 13. The number of halogens is 1. The molecule has 0 aliphatic carbocycles. The molecule has 0 saturated carbocycles. The van der Waals surface area contributed by atoms with Crippen molar-refractivity contribution in [2.24, 2.45) is 0 Å². The van der Waals surface area contributed by atoms with Gasteiger partial charge in [0.2, 0.25) is 4.96 Å². The minimum atomic E-state index is -0.320. The molecule has 0 N–H and O–H groups in total. The molecule has 7 rings (SSSR count). The lowest BCUT2D eigenvalue weighted by Gasteiger charge is -2.10. The summed E-state index contributed by atoms with van der Waals surface area (Å²) in [4.78, 5) is 18.7. The molecular formula is C40H34FN5O4S. The smallest absolute Gasteiger partial charge is 0.291 e. The number of fused-ring (bicyclic) bond motifs is 1. The Balaban J connectivity index is 1.18. The molecule has 0 amide bonds. The first-order valence-electron chi connectivity index (χ1n) is 16.5. The summed E-state index contributed by atoms with van der Waals surface area (Å²) < 4.78 is 35.1. The van der Waals surface area contributed by atoms with Gasteiger partial charge in [-0.2, -0.15) is 14.6 Å². The molecular weight excluding hydrogens is 666 g/mol. The third kappa shape index (κ3) is 7.58. The lowest BCUT2D eigenvalue weighted by molar-refractivity contribution is 0.288. The van der Waals surface area contributed by atoms with Gasteiger partial charge in [-0.25, -0.2) is 9.07 Å². The molecule has 0 saturated heterocycles. The van der Waals surface area contributed by atoms with Gasteiger partial charge < -0.3 is 14.2 Å². The van der Waals surface area contributed by atoms with Gasteiger partial charge in [-0.3, -0.25) is 4.79 Å². The van der Waals surface area contributed by atoms with Crippen molar-refractivity contribution in [3.05, 3.63) is 146 Å². The van der Waals surface area contributed by atoms with Gasteiger partial charge in [0, 0.05) is 22.9 Å². The van der Waals surface area contributed by atoms with E-state index in [9.17, 15) is 9.18 Å². The third-order valence-corrected chi connectivity index (χ3v) is 9.03. The van der Waals surface area contributed by atoms with Crippen LogP contribution in [0.25, 0.3) is 40.1 Å². The zero-order valence-electron chi connectivity index (χ0n) is 28.0. The second-order valence-corrected chi connectivity index (χ2v) is 12.7. The molecule has 3 aromatic heterocycles. The minimum absolute atomic E-state index is 0.0842. The van der Waals surface area contributed by atoms with Gasteiger partial charge in [0.25, 0.3) is 5.56 Å². The van der Waals surface area contributed by atoms with Crippen LogP contribution in [0.4, 0.5) is 4.39 Å². The van der Waals surface area contributed by atoms with Gasteiger partial charge in [-0.05, 0) is 66.6 Å². The quantitative estimate of drug-likeness (QED) is 0.114. The topological polar surface area (TPSA) is 92.8 Å². The monoisotopic (exact) mass is 699 g/mol. The summed E-state index contributed by atoms with van der Waals surface area (Å²) in [6.45, 7) is 2.83. The Kier molecular flexibility index (Phi) is 9.98. The lowest BCUT2D eigenvalue weighted by Crippen LogP contribution is -2.23. The van der Waals surface area contributed by atoms with Gasteiger partial charge in [0.05, 0.1) is 23.9 Å². The molecule has 0 atom stereocenters. The number of methoxy groups -OCH3 is 1. The number of benzene rings is 4. The zero-order chi connectivity index (χ0) is 35.2. The van der Waals surface area contributed by atoms with Crippen molar-refractivity contribution in [3.63, 3.8) is 0 Å². The molecule has 0 aliphatic heterocycles. The molecule has 0 fully saturated rings. The zero-order valence-corrected chi connectivity index (χ0v) is 28.8. The molecule has 11 heteroatoms. The van der Waals surface area contributed by atoms with Crippen molar-refractivity contribution in [2.45, 2.75) is 26.4 Å². The number of thiazole rings is 1. The number of nitrogens with zero attached hydrogens (tertiary/aromatic N) is 5. The fourth-order valence-electron chi connectivity index (χ4n) is 5.40. The van der Waals surface area contributed by atoms with Crippen molar-refractivity contribution < 1.29 is 18.6 Å². The highest BCUT2D eigenvalue weighted by molar-refractivity contribution is 7.15. The van der Waals surface area contributed by atoms with Gasteiger partial charge in [-0.1, -0.05) is 85.4 Å². The SMILES string of the molecule is CCCCOc1ccc(/C=C/c2nc3s/c(=C\c4cn(-c5ccccc5)nc4-c4cccc(OCc5ccccc5F)c4)c(=O)n3n2)cc1OC. The summed E-state index contributed by atoms with van der Waals surface area (Å²) in [5, 5.41) is 9.38. The summed E-state index contributed by atoms with van der Waals surface area (Å²) >= 11 is 1.25. The minimum Gasteiger partial charge on any atom is -0.493 e. The van der Waals surface area contributed by atoms with E-state index in [0.717, 1.165) is 35.2 Å². The predicted molar refractivity (Wildman–Crippen MR) is 198 cm³/mol. The van der Waals surface area contributed by atoms with E-state index in [0.29, 0.717) is 50.4 Å².